The molecule has 3 aromatic rings. The van der Waals surface area contributed by atoms with Gasteiger partial charge >= 0.3 is 0 Å². The fourth-order valence-electron chi connectivity index (χ4n) is 2.07. The van der Waals surface area contributed by atoms with Gasteiger partial charge in [0.15, 0.2) is 0 Å². The highest BCUT2D eigenvalue weighted by molar-refractivity contribution is 6.30. The predicted octanol–water partition coefficient (Wildman–Crippen LogP) is 4.72. The number of rotatable bonds is 3. The molecule has 3 nitrogen and oxygen atoms in total. The van der Waals surface area contributed by atoms with Crippen molar-refractivity contribution < 1.29 is 4.39 Å². The van der Waals surface area contributed by atoms with Crippen molar-refractivity contribution in [3.8, 4) is 5.69 Å². The first-order valence-electron chi connectivity index (χ1n) is 6.47. The maximum atomic E-state index is 13.5. The number of hydrogen-bond acceptors (Lipinski definition) is 2. The van der Waals surface area contributed by atoms with Gasteiger partial charge in [-0.2, -0.15) is 0 Å². The lowest BCUT2D eigenvalue weighted by molar-refractivity contribution is 0.629. The first-order valence-corrected chi connectivity index (χ1v) is 6.85. The average molecular weight is 302 g/mol. The van der Waals surface area contributed by atoms with Crippen molar-refractivity contribution in [2.75, 3.05) is 5.32 Å². The van der Waals surface area contributed by atoms with Gasteiger partial charge in [-0.15, -0.1) is 0 Å². The highest BCUT2D eigenvalue weighted by atomic mass is 35.5. The molecule has 0 aliphatic carbocycles. The Balaban J connectivity index is 1.97. The molecule has 0 aliphatic heterocycles. The Hall–Kier alpha value is -2.33. The van der Waals surface area contributed by atoms with Crippen LogP contribution in [-0.2, 0) is 0 Å². The number of benzene rings is 2. The molecule has 0 unspecified atom stereocenters. The van der Waals surface area contributed by atoms with E-state index in [0.717, 1.165) is 11.4 Å². The normalized spacial score (nSPS) is 10.6. The van der Waals surface area contributed by atoms with Gasteiger partial charge in [0.05, 0.1) is 10.7 Å². The van der Waals surface area contributed by atoms with Gasteiger partial charge in [0, 0.05) is 17.6 Å². The maximum Gasteiger partial charge on any atom is 0.212 e. The van der Waals surface area contributed by atoms with Crippen molar-refractivity contribution in [2.24, 2.45) is 0 Å². The summed E-state index contributed by atoms with van der Waals surface area (Å²) in [5.41, 5.74) is 2.45. The third-order valence-corrected chi connectivity index (χ3v) is 3.34. The fraction of sp³-hybridized carbons (Fsp3) is 0.0625. The molecule has 3 rings (SSSR count). The van der Waals surface area contributed by atoms with E-state index in [1.807, 2.05) is 48.0 Å². The number of nitrogens with one attached hydrogen (secondary N) is 1. The number of halogens is 2. The Labute approximate surface area is 127 Å². The summed E-state index contributed by atoms with van der Waals surface area (Å²) in [5, 5.41) is 3.21. The minimum absolute atomic E-state index is 0.100. The summed E-state index contributed by atoms with van der Waals surface area (Å²) in [7, 11) is 0. The van der Waals surface area contributed by atoms with Gasteiger partial charge in [-0.1, -0.05) is 29.8 Å². The molecule has 0 bridgehead atoms. The molecule has 1 aromatic heterocycles. The molecule has 1 N–H and O–H groups in total. The summed E-state index contributed by atoms with van der Waals surface area (Å²) in [5.74, 6) is 0.164. The summed E-state index contributed by atoms with van der Waals surface area (Å²) in [6.07, 6.45) is 1.92. The van der Waals surface area contributed by atoms with E-state index in [9.17, 15) is 4.39 Å². The standard InChI is InChI=1S/C16H13ClFN3/c1-11-10-21(13-5-3-2-4-6-13)16(19-11)20-12-7-8-14(17)15(18)9-12/h2-10H,1H3,(H,19,20). The van der Waals surface area contributed by atoms with Gasteiger partial charge in [0.1, 0.15) is 5.82 Å². The van der Waals surface area contributed by atoms with Crippen LogP contribution in [0.25, 0.3) is 5.69 Å². The summed E-state index contributed by atoms with van der Waals surface area (Å²) in [4.78, 5) is 4.43. The van der Waals surface area contributed by atoms with Gasteiger partial charge in [0.25, 0.3) is 0 Å². The lowest BCUT2D eigenvalue weighted by Crippen LogP contribution is -2.01. The van der Waals surface area contributed by atoms with Crippen LogP contribution in [0, 0.1) is 12.7 Å². The van der Waals surface area contributed by atoms with Crippen LogP contribution in [0.15, 0.2) is 54.7 Å². The van der Waals surface area contributed by atoms with E-state index < -0.39 is 5.82 Å². The van der Waals surface area contributed by atoms with Crippen LogP contribution in [0.1, 0.15) is 5.69 Å². The van der Waals surface area contributed by atoms with Crippen LogP contribution in [0.4, 0.5) is 16.0 Å². The lowest BCUT2D eigenvalue weighted by Gasteiger charge is -2.10. The highest BCUT2D eigenvalue weighted by Gasteiger charge is 2.09. The molecule has 0 fully saturated rings. The molecule has 21 heavy (non-hydrogen) atoms. The largest absolute Gasteiger partial charge is 0.325 e. The zero-order valence-electron chi connectivity index (χ0n) is 11.3. The first kappa shape index (κ1) is 13.6. The second-order valence-electron chi connectivity index (χ2n) is 4.67. The van der Waals surface area contributed by atoms with Crippen LogP contribution in [0.3, 0.4) is 0 Å². The third-order valence-electron chi connectivity index (χ3n) is 3.04. The van der Waals surface area contributed by atoms with E-state index in [0.29, 0.717) is 11.6 Å². The second kappa shape index (κ2) is 5.58. The van der Waals surface area contributed by atoms with E-state index in [-0.39, 0.29) is 5.02 Å². The van der Waals surface area contributed by atoms with E-state index >= 15 is 0 Å². The van der Waals surface area contributed by atoms with Crippen molar-refractivity contribution in [3.05, 3.63) is 71.3 Å². The van der Waals surface area contributed by atoms with Gasteiger partial charge in [-0.05, 0) is 37.3 Å². The summed E-state index contributed by atoms with van der Waals surface area (Å²) in [6.45, 7) is 1.91. The predicted molar refractivity (Wildman–Crippen MR) is 83.0 cm³/mol. The topological polar surface area (TPSA) is 29.9 Å². The van der Waals surface area contributed by atoms with Gasteiger partial charge in [0.2, 0.25) is 5.95 Å². The highest BCUT2D eigenvalue weighted by Crippen LogP contribution is 2.23. The number of imidazole rings is 1. The Morgan fingerprint density at radius 1 is 1.14 bits per heavy atom. The quantitative estimate of drug-likeness (QED) is 0.759. The van der Waals surface area contributed by atoms with Gasteiger partial charge in [-0.25, -0.2) is 9.37 Å². The Kier molecular flexibility index (Phi) is 3.62. The van der Waals surface area contributed by atoms with Crippen LogP contribution in [0.2, 0.25) is 5.02 Å². The van der Waals surface area contributed by atoms with Gasteiger partial charge < -0.3 is 5.32 Å². The maximum absolute atomic E-state index is 13.5. The number of para-hydroxylation sites is 1. The van der Waals surface area contributed by atoms with Crippen molar-refractivity contribution in [1.82, 2.24) is 9.55 Å². The minimum atomic E-state index is -0.462. The molecule has 106 valence electrons. The van der Waals surface area contributed by atoms with E-state index in [2.05, 4.69) is 10.3 Å². The van der Waals surface area contributed by atoms with Crippen LogP contribution >= 0.6 is 11.6 Å². The molecular formula is C16H13ClFN3. The molecule has 0 radical (unpaired) electrons. The van der Waals surface area contributed by atoms with Crippen molar-refractivity contribution in [1.29, 1.82) is 0 Å². The van der Waals surface area contributed by atoms with Crippen molar-refractivity contribution in [3.63, 3.8) is 0 Å². The lowest BCUT2D eigenvalue weighted by atomic mass is 10.3. The number of aromatic nitrogens is 2. The smallest absolute Gasteiger partial charge is 0.212 e. The average Bonchev–Trinajstić information content (AvgIpc) is 2.85. The number of anilines is 2. The molecule has 0 aliphatic rings. The number of aryl methyl sites for hydroxylation is 1. The Morgan fingerprint density at radius 2 is 1.90 bits per heavy atom. The van der Waals surface area contributed by atoms with Crippen LogP contribution in [0.5, 0.6) is 0 Å². The van der Waals surface area contributed by atoms with Crippen molar-refractivity contribution >= 4 is 23.2 Å². The molecular weight excluding hydrogens is 289 g/mol. The van der Waals surface area contributed by atoms with E-state index in [4.69, 9.17) is 11.6 Å². The first-order chi connectivity index (χ1) is 10.1. The Bertz CT molecular complexity index is 768. The molecule has 5 heteroatoms. The molecule has 0 saturated carbocycles. The van der Waals surface area contributed by atoms with E-state index in [1.54, 1.807) is 6.07 Å². The third kappa shape index (κ3) is 2.90. The zero-order chi connectivity index (χ0) is 14.8. The number of nitrogens with zero attached hydrogens (tertiary/aromatic N) is 2. The Morgan fingerprint density at radius 3 is 2.62 bits per heavy atom. The summed E-state index contributed by atoms with van der Waals surface area (Å²) >= 11 is 5.69. The SMILES string of the molecule is Cc1cn(-c2ccccc2)c(Nc2ccc(Cl)c(F)c2)n1. The second-order valence-corrected chi connectivity index (χ2v) is 5.07. The van der Waals surface area contributed by atoms with Crippen LogP contribution in [-0.4, -0.2) is 9.55 Å². The molecule has 0 amide bonds. The summed E-state index contributed by atoms with van der Waals surface area (Å²) in [6, 6.07) is 14.4. The fourth-order valence-corrected chi connectivity index (χ4v) is 2.19. The molecule has 0 saturated heterocycles. The minimum Gasteiger partial charge on any atom is -0.325 e. The molecule has 1 heterocycles. The monoisotopic (exact) mass is 301 g/mol. The number of hydrogen-bond donors (Lipinski definition) is 1. The zero-order valence-corrected chi connectivity index (χ0v) is 12.1. The summed E-state index contributed by atoms with van der Waals surface area (Å²) < 4.78 is 15.4. The van der Waals surface area contributed by atoms with Gasteiger partial charge in [-0.3, -0.25) is 4.57 Å². The molecule has 2 aromatic carbocycles. The van der Waals surface area contributed by atoms with Crippen LogP contribution < -0.4 is 5.32 Å². The van der Waals surface area contributed by atoms with Crippen molar-refractivity contribution in [2.45, 2.75) is 6.92 Å². The van der Waals surface area contributed by atoms with E-state index in [1.165, 1.54) is 12.1 Å². The molecule has 0 atom stereocenters. The molecule has 0 spiro atoms.